The van der Waals surface area contributed by atoms with Crippen LogP contribution in [0.25, 0.3) is 0 Å². The molecule has 0 fully saturated rings. The SMILES string of the molecule is Cc1c(N)cccc1S(=O)(=O)Nc1ccc(C#N)cc1. The molecular formula is C14H13N3O2S. The summed E-state index contributed by atoms with van der Waals surface area (Å²) in [7, 11) is -3.70. The van der Waals surface area contributed by atoms with Crippen LogP contribution in [0.15, 0.2) is 47.4 Å². The number of rotatable bonds is 3. The van der Waals surface area contributed by atoms with E-state index in [4.69, 9.17) is 11.0 Å². The fourth-order valence-corrected chi connectivity index (χ4v) is 3.08. The van der Waals surface area contributed by atoms with Gasteiger partial charge in [-0.15, -0.1) is 0 Å². The zero-order valence-corrected chi connectivity index (χ0v) is 11.6. The minimum Gasteiger partial charge on any atom is -0.398 e. The summed E-state index contributed by atoms with van der Waals surface area (Å²) in [5, 5.41) is 8.70. The molecule has 0 aliphatic heterocycles. The summed E-state index contributed by atoms with van der Waals surface area (Å²) in [6, 6.07) is 12.9. The third-order valence-electron chi connectivity index (χ3n) is 2.88. The molecule has 0 heterocycles. The molecule has 102 valence electrons. The monoisotopic (exact) mass is 287 g/mol. The highest BCUT2D eigenvalue weighted by molar-refractivity contribution is 7.92. The Bertz CT molecular complexity index is 775. The molecule has 0 saturated heterocycles. The Balaban J connectivity index is 2.36. The van der Waals surface area contributed by atoms with Gasteiger partial charge < -0.3 is 5.73 Å². The average molecular weight is 287 g/mol. The molecule has 2 aromatic rings. The third-order valence-corrected chi connectivity index (χ3v) is 4.41. The molecule has 3 N–H and O–H groups in total. The summed E-state index contributed by atoms with van der Waals surface area (Å²) in [5.41, 5.74) is 7.51. The van der Waals surface area contributed by atoms with Crippen molar-refractivity contribution in [2.75, 3.05) is 10.5 Å². The summed E-state index contributed by atoms with van der Waals surface area (Å²) < 4.78 is 27.1. The fourth-order valence-electron chi connectivity index (χ4n) is 1.75. The molecule has 5 nitrogen and oxygen atoms in total. The standard InChI is InChI=1S/C14H13N3O2S/c1-10-13(16)3-2-4-14(10)20(18,19)17-12-7-5-11(9-15)6-8-12/h2-8,17H,16H2,1H3. The lowest BCUT2D eigenvalue weighted by molar-refractivity contribution is 0.600. The van der Waals surface area contributed by atoms with Crippen molar-refractivity contribution in [1.82, 2.24) is 0 Å². The van der Waals surface area contributed by atoms with Gasteiger partial charge in [0.1, 0.15) is 0 Å². The molecule has 0 bridgehead atoms. The number of hydrogen-bond acceptors (Lipinski definition) is 4. The van der Waals surface area contributed by atoms with Crippen molar-refractivity contribution in [3.05, 3.63) is 53.6 Å². The molecule has 0 atom stereocenters. The molecule has 0 aliphatic carbocycles. The van der Waals surface area contributed by atoms with E-state index in [2.05, 4.69) is 4.72 Å². The number of nitrogen functional groups attached to an aromatic ring is 1. The summed E-state index contributed by atoms with van der Waals surface area (Å²) >= 11 is 0. The fraction of sp³-hybridized carbons (Fsp3) is 0.0714. The molecule has 6 heteroatoms. The summed E-state index contributed by atoms with van der Waals surface area (Å²) in [6.45, 7) is 1.66. The smallest absolute Gasteiger partial charge is 0.262 e. The average Bonchev–Trinajstić information content (AvgIpc) is 2.42. The molecule has 0 unspecified atom stereocenters. The first-order valence-corrected chi connectivity index (χ1v) is 7.30. The van der Waals surface area contributed by atoms with Crippen molar-refractivity contribution in [1.29, 1.82) is 5.26 Å². The van der Waals surface area contributed by atoms with Crippen molar-refractivity contribution in [3.8, 4) is 6.07 Å². The van der Waals surface area contributed by atoms with Gasteiger partial charge in [0.05, 0.1) is 16.5 Å². The minimum atomic E-state index is -3.70. The quantitative estimate of drug-likeness (QED) is 0.846. The Hall–Kier alpha value is -2.52. The highest BCUT2D eigenvalue weighted by Crippen LogP contribution is 2.23. The maximum atomic E-state index is 12.3. The number of benzene rings is 2. The van der Waals surface area contributed by atoms with Crippen LogP contribution in [0.5, 0.6) is 0 Å². The van der Waals surface area contributed by atoms with Gasteiger partial charge in [-0.1, -0.05) is 6.07 Å². The van der Waals surface area contributed by atoms with E-state index in [0.717, 1.165) is 0 Å². The van der Waals surface area contributed by atoms with Crippen molar-refractivity contribution in [2.24, 2.45) is 0 Å². The van der Waals surface area contributed by atoms with Gasteiger partial charge in [0.2, 0.25) is 0 Å². The lowest BCUT2D eigenvalue weighted by atomic mass is 10.2. The van der Waals surface area contributed by atoms with Gasteiger partial charge in [0.15, 0.2) is 0 Å². The first-order valence-electron chi connectivity index (χ1n) is 5.82. The molecule has 0 aliphatic rings. The van der Waals surface area contributed by atoms with E-state index in [-0.39, 0.29) is 4.90 Å². The van der Waals surface area contributed by atoms with Gasteiger partial charge in [-0.25, -0.2) is 8.42 Å². The Morgan fingerprint density at radius 2 is 1.80 bits per heavy atom. The van der Waals surface area contributed by atoms with Crippen molar-refractivity contribution >= 4 is 21.4 Å². The van der Waals surface area contributed by atoms with E-state index in [1.807, 2.05) is 6.07 Å². The second-order valence-electron chi connectivity index (χ2n) is 4.27. The van der Waals surface area contributed by atoms with Crippen LogP contribution in [0.2, 0.25) is 0 Å². The van der Waals surface area contributed by atoms with Gasteiger partial charge in [-0.2, -0.15) is 5.26 Å². The number of nitrogens with zero attached hydrogens (tertiary/aromatic N) is 1. The Labute approximate surface area is 117 Å². The number of nitrogens with one attached hydrogen (secondary N) is 1. The minimum absolute atomic E-state index is 0.141. The van der Waals surface area contributed by atoms with Gasteiger partial charge in [-0.3, -0.25) is 4.72 Å². The van der Waals surface area contributed by atoms with E-state index in [1.165, 1.54) is 18.2 Å². The predicted octanol–water partition coefficient (Wildman–Crippen LogP) is 2.25. The van der Waals surface area contributed by atoms with E-state index < -0.39 is 10.0 Å². The zero-order chi connectivity index (χ0) is 14.8. The third kappa shape index (κ3) is 2.73. The second-order valence-corrected chi connectivity index (χ2v) is 5.92. The predicted molar refractivity (Wildman–Crippen MR) is 77.6 cm³/mol. The molecule has 2 aromatic carbocycles. The van der Waals surface area contributed by atoms with Crippen LogP contribution in [0.3, 0.4) is 0 Å². The van der Waals surface area contributed by atoms with Crippen LogP contribution in [-0.4, -0.2) is 8.42 Å². The van der Waals surface area contributed by atoms with Crippen LogP contribution in [0.4, 0.5) is 11.4 Å². The Morgan fingerprint density at radius 3 is 2.40 bits per heavy atom. The van der Waals surface area contributed by atoms with Crippen LogP contribution in [-0.2, 0) is 10.0 Å². The van der Waals surface area contributed by atoms with E-state index in [0.29, 0.717) is 22.5 Å². The van der Waals surface area contributed by atoms with Crippen molar-refractivity contribution in [2.45, 2.75) is 11.8 Å². The van der Waals surface area contributed by atoms with E-state index in [9.17, 15) is 8.42 Å². The maximum Gasteiger partial charge on any atom is 0.262 e. The summed E-state index contributed by atoms with van der Waals surface area (Å²) in [5.74, 6) is 0. The largest absolute Gasteiger partial charge is 0.398 e. The Kier molecular flexibility index (Phi) is 3.63. The number of nitriles is 1. The lowest BCUT2D eigenvalue weighted by Crippen LogP contribution is -2.14. The van der Waals surface area contributed by atoms with Crippen LogP contribution in [0.1, 0.15) is 11.1 Å². The van der Waals surface area contributed by atoms with Gasteiger partial charge in [-0.05, 0) is 48.9 Å². The highest BCUT2D eigenvalue weighted by atomic mass is 32.2. The molecular weight excluding hydrogens is 274 g/mol. The molecule has 0 spiro atoms. The topological polar surface area (TPSA) is 96.0 Å². The van der Waals surface area contributed by atoms with E-state index in [1.54, 1.807) is 31.2 Å². The molecule has 0 aromatic heterocycles. The normalized spacial score (nSPS) is 10.8. The molecule has 0 amide bonds. The Morgan fingerprint density at radius 1 is 1.15 bits per heavy atom. The van der Waals surface area contributed by atoms with Crippen LogP contribution < -0.4 is 10.5 Å². The van der Waals surface area contributed by atoms with Crippen LogP contribution in [0, 0.1) is 18.3 Å². The zero-order valence-electron chi connectivity index (χ0n) is 10.8. The number of sulfonamides is 1. The molecule has 20 heavy (non-hydrogen) atoms. The van der Waals surface area contributed by atoms with E-state index >= 15 is 0 Å². The number of hydrogen-bond donors (Lipinski definition) is 2. The van der Waals surface area contributed by atoms with Crippen molar-refractivity contribution in [3.63, 3.8) is 0 Å². The highest BCUT2D eigenvalue weighted by Gasteiger charge is 2.17. The molecule has 0 saturated carbocycles. The lowest BCUT2D eigenvalue weighted by Gasteiger charge is -2.11. The van der Waals surface area contributed by atoms with Crippen molar-refractivity contribution < 1.29 is 8.42 Å². The number of anilines is 2. The maximum absolute atomic E-state index is 12.3. The molecule has 0 radical (unpaired) electrons. The van der Waals surface area contributed by atoms with Gasteiger partial charge in [0.25, 0.3) is 10.0 Å². The van der Waals surface area contributed by atoms with Gasteiger partial charge in [0, 0.05) is 11.4 Å². The van der Waals surface area contributed by atoms with Gasteiger partial charge >= 0.3 is 0 Å². The summed E-state index contributed by atoms with van der Waals surface area (Å²) in [4.78, 5) is 0.141. The summed E-state index contributed by atoms with van der Waals surface area (Å²) in [6.07, 6.45) is 0. The molecule has 2 rings (SSSR count). The first kappa shape index (κ1) is 13.9. The first-order chi connectivity index (χ1) is 9.44. The number of nitrogens with two attached hydrogens (primary N) is 1. The second kappa shape index (κ2) is 5.23. The van der Waals surface area contributed by atoms with Crippen LogP contribution >= 0.6 is 0 Å².